The van der Waals surface area contributed by atoms with Crippen LogP contribution in [0, 0.1) is 0 Å². The maximum Gasteiger partial charge on any atom is 0.457 e. The molecule has 0 saturated carbocycles. The van der Waals surface area contributed by atoms with Gasteiger partial charge in [-0.05, 0) is 35.9 Å². The smallest absolute Gasteiger partial charge is 0.457 e. The number of hydrazone groups is 1. The Balaban J connectivity index is 1.86. The van der Waals surface area contributed by atoms with Gasteiger partial charge in [0.1, 0.15) is 5.75 Å². The van der Waals surface area contributed by atoms with Gasteiger partial charge in [0, 0.05) is 30.4 Å². The number of hydrogen-bond acceptors (Lipinski definition) is 5. The van der Waals surface area contributed by atoms with Crippen LogP contribution in [0.2, 0.25) is 0 Å². The van der Waals surface area contributed by atoms with Crippen molar-refractivity contribution in [3.8, 4) is 5.75 Å². The van der Waals surface area contributed by atoms with Crippen LogP contribution in [0.15, 0.2) is 47.8 Å². The average Bonchev–Trinajstić information content (AvgIpc) is 2.95. The fraction of sp³-hybridized carbons (Fsp3) is 0.235. The molecule has 0 saturated heterocycles. The summed E-state index contributed by atoms with van der Waals surface area (Å²) in [5.74, 6) is -0.0498. The van der Waals surface area contributed by atoms with Gasteiger partial charge in [-0.1, -0.05) is 0 Å². The Bertz CT molecular complexity index is 838. The molecule has 0 unspecified atom stereocenters. The predicted octanol–water partition coefficient (Wildman–Crippen LogP) is 2.78. The monoisotopic (exact) mass is 364 g/mol. The van der Waals surface area contributed by atoms with E-state index in [1.165, 1.54) is 25.6 Å². The summed E-state index contributed by atoms with van der Waals surface area (Å²) in [7, 11) is 1.44. The molecule has 1 aromatic heterocycles. The zero-order valence-electron chi connectivity index (χ0n) is 13.7. The van der Waals surface area contributed by atoms with Crippen LogP contribution in [0.5, 0.6) is 5.75 Å². The van der Waals surface area contributed by atoms with E-state index < -0.39 is 18.2 Å². The summed E-state index contributed by atoms with van der Waals surface area (Å²) in [4.78, 5) is 15.9. The lowest BCUT2D eigenvalue weighted by atomic mass is 10.1. The number of aromatic nitrogens is 1. The summed E-state index contributed by atoms with van der Waals surface area (Å²) < 4.78 is 43.4. The van der Waals surface area contributed by atoms with E-state index >= 15 is 0 Å². The van der Waals surface area contributed by atoms with Crippen molar-refractivity contribution in [3.05, 3.63) is 59.4 Å². The number of benzene rings is 1. The van der Waals surface area contributed by atoms with Crippen molar-refractivity contribution < 1.29 is 22.7 Å². The number of ether oxygens (including phenoxy) is 1. The van der Waals surface area contributed by atoms with Gasteiger partial charge in [0.2, 0.25) is 0 Å². The maximum atomic E-state index is 12.8. The van der Waals surface area contributed by atoms with E-state index in [2.05, 4.69) is 15.5 Å². The molecule has 9 heteroatoms. The molecule has 6 nitrogen and oxygen atoms in total. The van der Waals surface area contributed by atoms with Crippen LogP contribution in [-0.2, 0) is 0 Å². The van der Waals surface area contributed by atoms with Gasteiger partial charge in [0.25, 0.3) is 5.91 Å². The number of carbonyl (C=O) groups is 1. The van der Waals surface area contributed by atoms with Gasteiger partial charge in [0.15, 0.2) is 0 Å². The van der Waals surface area contributed by atoms with Crippen molar-refractivity contribution >= 4 is 11.6 Å². The molecule has 1 aromatic carbocycles. The maximum absolute atomic E-state index is 12.8. The summed E-state index contributed by atoms with van der Waals surface area (Å²) in [5, 5.41) is 5.63. The molecule has 2 N–H and O–H groups in total. The average molecular weight is 364 g/mol. The Labute approximate surface area is 147 Å². The Kier molecular flexibility index (Phi) is 4.90. The normalized spacial score (nSPS) is 17.8. The van der Waals surface area contributed by atoms with Crippen LogP contribution in [0.4, 0.5) is 13.2 Å². The molecule has 136 valence electrons. The number of alkyl halides is 3. The summed E-state index contributed by atoms with van der Waals surface area (Å²) >= 11 is 0. The first-order chi connectivity index (χ1) is 12.4. The minimum Gasteiger partial charge on any atom is -0.497 e. The predicted molar refractivity (Wildman–Crippen MR) is 87.8 cm³/mol. The number of amides is 1. The molecule has 0 aliphatic heterocycles. The summed E-state index contributed by atoms with van der Waals surface area (Å²) in [6.45, 7) is 0. The SMILES string of the molecule is COc1ccc2c(c1)[C@@H](NC(F)(F)F)C/C2=N/NC(=O)c1cccnc1. The highest BCUT2D eigenvalue weighted by molar-refractivity contribution is 6.06. The lowest BCUT2D eigenvalue weighted by Crippen LogP contribution is -2.34. The molecule has 1 aliphatic carbocycles. The molecule has 0 spiro atoms. The van der Waals surface area contributed by atoms with Crippen LogP contribution in [-0.4, -0.2) is 30.0 Å². The molecule has 1 heterocycles. The number of pyridine rings is 1. The van der Waals surface area contributed by atoms with E-state index in [0.29, 0.717) is 28.2 Å². The molecule has 1 atom stereocenters. The first-order valence-electron chi connectivity index (χ1n) is 7.67. The zero-order valence-corrected chi connectivity index (χ0v) is 13.7. The second-order valence-corrected chi connectivity index (χ2v) is 5.59. The van der Waals surface area contributed by atoms with Gasteiger partial charge in [-0.3, -0.25) is 9.78 Å². The summed E-state index contributed by atoms with van der Waals surface area (Å²) in [5.41, 5.74) is 3.95. The van der Waals surface area contributed by atoms with Crippen LogP contribution in [0.3, 0.4) is 0 Å². The van der Waals surface area contributed by atoms with Crippen LogP contribution < -0.4 is 15.5 Å². The molecular weight excluding hydrogens is 349 g/mol. The first kappa shape index (κ1) is 17.9. The van der Waals surface area contributed by atoms with E-state index in [1.54, 1.807) is 29.6 Å². The van der Waals surface area contributed by atoms with Crippen LogP contribution >= 0.6 is 0 Å². The van der Waals surface area contributed by atoms with Gasteiger partial charge in [0.05, 0.1) is 18.4 Å². The van der Waals surface area contributed by atoms with Gasteiger partial charge in [-0.2, -0.15) is 18.3 Å². The van der Waals surface area contributed by atoms with Gasteiger partial charge in [-0.25, -0.2) is 10.7 Å². The number of hydrogen-bond donors (Lipinski definition) is 2. The minimum atomic E-state index is -4.54. The number of rotatable bonds is 4. The number of fused-ring (bicyclic) bond motifs is 1. The molecule has 0 bridgehead atoms. The highest BCUT2D eigenvalue weighted by Crippen LogP contribution is 2.36. The van der Waals surface area contributed by atoms with E-state index in [0.717, 1.165) is 0 Å². The van der Waals surface area contributed by atoms with E-state index in [4.69, 9.17) is 4.74 Å². The van der Waals surface area contributed by atoms with E-state index in [-0.39, 0.29) is 6.42 Å². The molecule has 1 aliphatic rings. The summed E-state index contributed by atoms with van der Waals surface area (Å²) in [6.07, 6.45) is -1.66. The van der Waals surface area contributed by atoms with Gasteiger partial charge in [-0.15, -0.1) is 0 Å². The second-order valence-electron chi connectivity index (χ2n) is 5.59. The third-order valence-electron chi connectivity index (χ3n) is 3.90. The number of nitrogens with zero attached hydrogens (tertiary/aromatic N) is 2. The lowest BCUT2D eigenvalue weighted by molar-refractivity contribution is -0.164. The lowest BCUT2D eigenvalue weighted by Gasteiger charge is -2.16. The molecule has 1 amide bonds. The third kappa shape index (κ3) is 3.99. The fourth-order valence-corrected chi connectivity index (χ4v) is 2.74. The summed E-state index contributed by atoms with van der Waals surface area (Å²) in [6, 6.07) is 6.94. The minimum absolute atomic E-state index is 0.0185. The third-order valence-corrected chi connectivity index (χ3v) is 3.90. The molecule has 2 aromatic rings. The molecule has 0 fully saturated rings. The van der Waals surface area contributed by atoms with Crippen molar-refractivity contribution in [2.45, 2.75) is 18.8 Å². The largest absolute Gasteiger partial charge is 0.497 e. The number of halogens is 3. The molecular formula is C17H15F3N4O2. The van der Waals surface area contributed by atoms with Crippen molar-refractivity contribution in [1.82, 2.24) is 15.7 Å². The molecule has 26 heavy (non-hydrogen) atoms. The van der Waals surface area contributed by atoms with Crippen molar-refractivity contribution in [2.75, 3.05) is 7.11 Å². The van der Waals surface area contributed by atoms with Gasteiger partial charge < -0.3 is 4.74 Å². The van der Waals surface area contributed by atoms with Gasteiger partial charge >= 0.3 is 6.30 Å². The molecule has 0 radical (unpaired) electrons. The van der Waals surface area contributed by atoms with E-state index in [9.17, 15) is 18.0 Å². The topological polar surface area (TPSA) is 75.6 Å². The first-order valence-corrected chi connectivity index (χ1v) is 7.67. The highest BCUT2D eigenvalue weighted by Gasteiger charge is 2.37. The molecule has 3 rings (SSSR count). The van der Waals surface area contributed by atoms with Crippen molar-refractivity contribution in [2.24, 2.45) is 5.10 Å². The van der Waals surface area contributed by atoms with Crippen molar-refractivity contribution in [3.63, 3.8) is 0 Å². The number of nitrogens with one attached hydrogen (secondary N) is 2. The highest BCUT2D eigenvalue weighted by atomic mass is 19.4. The number of methoxy groups -OCH3 is 1. The Morgan fingerprint density at radius 1 is 1.35 bits per heavy atom. The van der Waals surface area contributed by atoms with E-state index in [1.807, 2.05) is 0 Å². The Hall–Kier alpha value is -2.94. The number of carbonyl (C=O) groups excluding carboxylic acids is 1. The Morgan fingerprint density at radius 2 is 2.15 bits per heavy atom. The van der Waals surface area contributed by atoms with Crippen LogP contribution in [0.1, 0.15) is 33.9 Å². The zero-order chi connectivity index (χ0) is 18.7. The van der Waals surface area contributed by atoms with Crippen LogP contribution in [0.25, 0.3) is 0 Å². The fourth-order valence-electron chi connectivity index (χ4n) is 2.74. The second kappa shape index (κ2) is 7.12. The standard InChI is InChI=1S/C17H15F3N4O2/c1-26-11-4-5-12-13(7-11)14(22-17(18,19)20)8-15(12)23-24-16(25)10-3-2-6-21-9-10/h2-7,9,14,22H,8H2,1H3,(H,24,25)/b23-15-/t14-/m0/s1. The quantitative estimate of drug-likeness (QED) is 0.646. The Morgan fingerprint density at radius 3 is 2.81 bits per heavy atom. The van der Waals surface area contributed by atoms with Crippen molar-refractivity contribution in [1.29, 1.82) is 0 Å².